The molecule has 0 bridgehead atoms. The molecule has 3 rings (SSSR count). The van der Waals surface area contributed by atoms with E-state index in [4.69, 9.17) is 21.4 Å². The van der Waals surface area contributed by atoms with E-state index in [2.05, 4.69) is 10.3 Å². The molecule has 1 heterocycles. The summed E-state index contributed by atoms with van der Waals surface area (Å²) in [4.78, 5) is 27.3. The van der Waals surface area contributed by atoms with Crippen molar-refractivity contribution in [2.24, 2.45) is 11.8 Å². The van der Waals surface area contributed by atoms with Crippen LogP contribution in [0.15, 0.2) is 12.3 Å². The summed E-state index contributed by atoms with van der Waals surface area (Å²) in [6.45, 7) is 0.608. The van der Waals surface area contributed by atoms with E-state index in [-0.39, 0.29) is 17.9 Å². The lowest BCUT2D eigenvalue weighted by Gasteiger charge is -2.13. The van der Waals surface area contributed by atoms with Crippen LogP contribution in [0.25, 0.3) is 0 Å². The number of ether oxygens (including phenoxy) is 1. The summed E-state index contributed by atoms with van der Waals surface area (Å²) in [5.74, 6) is -0.518. The Labute approximate surface area is 139 Å². The van der Waals surface area contributed by atoms with Crippen LogP contribution in [0.1, 0.15) is 42.5 Å². The minimum absolute atomic E-state index is 0.117. The number of aliphatic carboxylic acids is 1. The zero-order valence-electron chi connectivity index (χ0n) is 12.6. The summed E-state index contributed by atoms with van der Waals surface area (Å²) in [5.41, 5.74) is 0.354. The van der Waals surface area contributed by atoms with Gasteiger partial charge >= 0.3 is 5.97 Å². The average molecular weight is 339 g/mol. The first-order chi connectivity index (χ1) is 11.0. The van der Waals surface area contributed by atoms with Gasteiger partial charge in [0, 0.05) is 12.2 Å². The smallest absolute Gasteiger partial charge is 0.306 e. The van der Waals surface area contributed by atoms with Crippen molar-refractivity contribution >= 4 is 23.5 Å². The molecule has 2 fully saturated rings. The summed E-state index contributed by atoms with van der Waals surface area (Å²) in [6.07, 6.45) is 5.52. The number of aromatic nitrogens is 1. The number of hydrogen-bond donors (Lipinski definition) is 2. The van der Waals surface area contributed by atoms with Gasteiger partial charge in [-0.2, -0.15) is 0 Å². The van der Waals surface area contributed by atoms with Gasteiger partial charge in [0.1, 0.15) is 5.02 Å². The Kier molecular flexibility index (Phi) is 4.71. The largest absolute Gasteiger partial charge is 0.481 e. The lowest BCUT2D eigenvalue weighted by atomic mass is 10.1. The van der Waals surface area contributed by atoms with Crippen LogP contribution < -0.4 is 10.1 Å². The van der Waals surface area contributed by atoms with Crippen LogP contribution in [0.5, 0.6) is 5.88 Å². The average Bonchev–Trinajstić information content (AvgIpc) is 3.23. The van der Waals surface area contributed by atoms with Crippen LogP contribution in [-0.4, -0.2) is 34.6 Å². The molecule has 0 aliphatic heterocycles. The molecule has 2 saturated carbocycles. The van der Waals surface area contributed by atoms with Gasteiger partial charge in [-0.05, 0) is 44.1 Å². The quantitative estimate of drug-likeness (QED) is 0.832. The minimum atomic E-state index is -0.802. The zero-order valence-corrected chi connectivity index (χ0v) is 13.4. The van der Waals surface area contributed by atoms with Crippen LogP contribution in [0, 0.1) is 11.8 Å². The SMILES string of the molecule is O=C(N[C@@H]1CC[C@H](C(=O)O)C1)c1cnc(OCC2CC2)c(Cl)c1. The number of pyridine rings is 1. The monoisotopic (exact) mass is 338 g/mol. The Bertz CT molecular complexity index is 618. The first-order valence-electron chi connectivity index (χ1n) is 7.85. The van der Waals surface area contributed by atoms with Gasteiger partial charge in [-0.1, -0.05) is 11.6 Å². The minimum Gasteiger partial charge on any atom is -0.481 e. The Morgan fingerprint density at radius 2 is 2.13 bits per heavy atom. The highest BCUT2D eigenvalue weighted by Gasteiger charge is 2.30. The van der Waals surface area contributed by atoms with E-state index in [9.17, 15) is 9.59 Å². The highest BCUT2D eigenvalue weighted by Crippen LogP contribution is 2.31. The van der Waals surface area contributed by atoms with Crippen molar-refractivity contribution in [1.82, 2.24) is 10.3 Å². The number of carboxylic acids is 1. The maximum Gasteiger partial charge on any atom is 0.306 e. The van der Waals surface area contributed by atoms with E-state index in [1.807, 2.05) is 0 Å². The van der Waals surface area contributed by atoms with Gasteiger partial charge < -0.3 is 15.2 Å². The van der Waals surface area contributed by atoms with Gasteiger partial charge in [0.15, 0.2) is 0 Å². The normalized spacial score (nSPS) is 23.5. The fraction of sp³-hybridized carbons (Fsp3) is 0.562. The predicted octanol–water partition coefficient (Wildman–Crippen LogP) is 2.51. The van der Waals surface area contributed by atoms with E-state index in [0.717, 1.165) is 0 Å². The second kappa shape index (κ2) is 6.74. The number of hydrogen-bond acceptors (Lipinski definition) is 4. The summed E-state index contributed by atoms with van der Waals surface area (Å²) < 4.78 is 5.53. The van der Waals surface area contributed by atoms with Crippen LogP contribution >= 0.6 is 11.6 Å². The molecule has 1 aromatic rings. The highest BCUT2D eigenvalue weighted by molar-refractivity contribution is 6.32. The van der Waals surface area contributed by atoms with Crippen molar-refractivity contribution in [2.75, 3.05) is 6.61 Å². The summed E-state index contributed by atoms with van der Waals surface area (Å²) in [5, 5.41) is 12.1. The van der Waals surface area contributed by atoms with E-state index in [1.54, 1.807) is 0 Å². The molecule has 124 valence electrons. The number of carboxylic acid groups (broad SMARTS) is 1. The molecule has 0 saturated heterocycles. The van der Waals surface area contributed by atoms with Gasteiger partial charge in [-0.15, -0.1) is 0 Å². The Balaban J connectivity index is 1.56. The standard InChI is InChI=1S/C16H19ClN2O4/c17-13-6-11(7-18-15(13)23-8-9-1-2-9)14(20)19-12-4-3-10(5-12)16(21)22/h6-7,9-10,12H,1-5,8H2,(H,19,20)(H,21,22)/t10-,12+/m0/s1. The van der Waals surface area contributed by atoms with Gasteiger partial charge in [0.05, 0.1) is 18.1 Å². The number of nitrogens with one attached hydrogen (secondary N) is 1. The first kappa shape index (κ1) is 16.1. The lowest BCUT2D eigenvalue weighted by molar-refractivity contribution is -0.141. The van der Waals surface area contributed by atoms with E-state index >= 15 is 0 Å². The molecular formula is C16H19ClN2O4. The molecule has 2 atom stereocenters. The van der Waals surface area contributed by atoms with Crippen molar-refractivity contribution in [2.45, 2.75) is 38.1 Å². The molecule has 1 aromatic heterocycles. The molecule has 2 aliphatic carbocycles. The van der Waals surface area contributed by atoms with Gasteiger partial charge in [0.2, 0.25) is 5.88 Å². The Morgan fingerprint density at radius 1 is 1.35 bits per heavy atom. The maximum atomic E-state index is 12.2. The Hall–Kier alpha value is -1.82. The molecule has 2 aliphatic rings. The molecule has 7 heteroatoms. The molecule has 23 heavy (non-hydrogen) atoms. The molecule has 1 amide bonds. The molecule has 0 radical (unpaired) electrons. The lowest BCUT2D eigenvalue weighted by Crippen LogP contribution is -2.33. The molecule has 0 unspecified atom stereocenters. The summed E-state index contributed by atoms with van der Waals surface area (Å²) in [7, 11) is 0. The number of carbonyl (C=O) groups is 2. The third-order valence-electron chi connectivity index (χ3n) is 4.34. The third kappa shape index (κ3) is 4.13. The fourth-order valence-electron chi connectivity index (χ4n) is 2.74. The van der Waals surface area contributed by atoms with E-state index < -0.39 is 5.97 Å². The van der Waals surface area contributed by atoms with Crippen molar-refractivity contribution in [1.29, 1.82) is 0 Å². The molecule has 0 aromatic carbocycles. The molecule has 0 spiro atoms. The summed E-state index contributed by atoms with van der Waals surface area (Å²) in [6, 6.07) is 1.42. The highest BCUT2D eigenvalue weighted by atomic mass is 35.5. The summed E-state index contributed by atoms with van der Waals surface area (Å²) >= 11 is 6.11. The molecule has 2 N–H and O–H groups in total. The van der Waals surface area contributed by atoms with Crippen LogP contribution in [0.2, 0.25) is 5.02 Å². The maximum absolute atomic E-state index is 12.2. The zero-order chi connectivity index (χ0) is 16.4. The number of nitrogens with zero attached hydrogens (tertiary/aromatic N) is 1. The topological polar surface area (TPSA) is 88.5 Å². The van der Waals surface area contributed by atoms with Crippen LogP contribution in [0.3, 0.4) is 0 Å². The number of halogens is 1. The van der Waals surface area contributed by atoms with Crippen molar-refractivity contribution < 1.29 is 19.4 Å². The van der Waals surface area contributed by atoms with Gasteiger partial charge in [0.25, 0.3) is 5.91 Å². The first-order valence-corrected chi connectivity index (χ1v) is 8.22. The van der Waals surface area contributed by atoms with Gasteiger partial charge in [-0.3, -0.25) is 9.59 Å². The molecular weight excluding hydrogens is 320 g/mol. The number of amides is 1. The predicted molar refractivity (Wildman–Crippen MR) is 83.7 cm³/mol. The van der Waals surface area contributed by atoms with E-state index in [1.165, 1.54) is 25.1 Å². The second-order valence-corrected chi connectivity index (χ2v) is 6.69. The van der Waals surface area contributed by atoms with Crippen molar-refractivity contribution in [3.63, 3.8) is 0 Å². The fourth-order valence-corrected chi connectivity index (χ4v) is 2.96. The second-order valence-electron chi connectivity index (χ2n) is 6.28. The molecule has 6 nitrogen and oxygen atoms in total. The van der Waals surface area contributed by atoms with Crippen molar-refractivity contribution in [3.05, 3.63) is 22.8 Å². The third-order valence-corrected chi connectivity index (χ3v) is 4.61. The number of carbonyl (C=O) groups excluding carboxylic acids is 1. The Morgan fingerprint density at radius 3 is 2.74 bits per heavy atom. The van der Waals surface area contributed by atoms with Crippen molar-refractivity contribution in [3.8, 4) is 5.88 Å². The van der Waals surface area contributed by atoms with Gasteiger partial charge in [-0.25, -0.2) is 4.98 Å². The van der Waals surface area contributed by atoms with Crippen LogP contribution in [0.4, 0.5) is 0 Å². The van der Waals surface area contributed by atoms with E-state index in [0.29, 0.717) is 48.3 Å². The number of rotatable bonds is 6. The van der Waals surface area contributed by atoms with Crippen LogP contribution in [-0.2, 0) is 4.79 Å².